The summed E-state index contributed by atoms with van der Waals surface area (Å²) in [5, 5.41) is 6.70. The van der Waals surface area contributed by atoms with Crippen LogP contribution in [0.4, 0.5) is 5.69 Å². The van der Waals surface area contributed by atoms with Gasteiger partial charge in [0.2, 0.25) is 5.91 Å². The van der Waals surface area contributed by atoms with Gasteiger partial charge in [-0.15, -0.1) is 0 Å². The second-order valence-corrected chi connectivity index (χ2v) is 6.41. The van der Waals surface area contributed by atoms with Crippen LogP contribution in [-0.2, 0) is 20.8 Å². The summed E-state index contributed by atoms with van der Waals surface area (Å²) in [5.41, 5.74) is 1.75. The molecule has 8 heteroatoms. The van der Waals surface area contributed by atoms with E-state index in [9.17, 15) is 14.4 Å². The molecule has 0 saturated carbocycles. The minimum absolute atomic E-state index is 0.150. The topological polar surface area (TPSA) is 84.9 Å². The predicted octanol–water partition coefficient (Wildman–Crippen LogP) is 2.39. The van der Waals surface area contributed by atoms with Gasteiger partial charge in [-0.2, -0.15) is 11.3 Å². The summed E-state index contributed by atoms with van der Waals surface area (Å²) in [6.07, 6.45) is 0. The minimum Gasteiger partial charge on any atom is -0.465 e. The van der Waals surface area contributed by atoms with Crippen molar-refractivity contribution in [2.45, 2.75) is 6.54 Å². The Hall–Kier alpha value is -2.71. The summed E-state index contributed by atoms with van der Waals surface area (Å²) in [4.78, 5) is 37.7. The zero-order chi connectivity index (χ0) is 19.1. The first-order valence-corrected chi connectivity index (χ1v) is 8.68. The molecule has 2 rings (SSSR count). The summed E-state index contributed by atoms with van der Waals surface area (Å²) in [6.45, 7) is 0.804. The van der Waals surface area contributed by atoms with Gasteiger partial charge >= 0.3 is 11.9 Å². The summed E-state index contributed by atoms with van der Waals surface area (Å²) < 4.78 is 9.35. The van der Waals surface area contributed by atoms with Gasteiger partial charge in [-0.05, 0) is 47.6 Å². The molecular weight excluding hydrogens is 356 g/mol. The molecule has 0 unspecified atom stereocenters. The first-order valence-electron chi connectivity index (χ1n) is 7.74. The van der Waals surface area contributed by atoms with Gasteiger partial charge in [-0.1, -0.05) is 0 Å². The van der Waals surface area contributed by atoms with E-state index in [1.54, 1.807) is 11.3 Å². The highest BCUT2D eigenvalue weighted by atomic mass is 32.1. The number of methoxy groups -OCH3 is 2. The lowest BCUT2D eigenvalue weighted by Crippen LogP contribution is -2.29. The largest absolute Gasteiger partial charge is 0.465 e. The number of hydrogen-bond acceptors (Lipinski definition) is 7. The van der Waals surface area contributed by atoms with E-state index in [0.29, 0.717) is 12.2 Å². The number of esters is 2. The van der Waals surface area contributed by atoms with Gasteiger partial charge in [0.15, 0.2) is 0 Å². The quantitative estimate of drug-likeness (QED) is 0.747. The van der Waals surface area contributed by atoms with Crippen molar-refractivity contribution in [1.82, 2.24) is 4.90 Å². The standard InChI is InChI=1S/C18H20N2O5S/c1-20(9-12-4-5-26-11-12)10-16(21)19-15-7-13(17(22)24-2)6-14(8-15)18(23)25-3/h4-8,11H,9-10H2,1-3H3,(H,19,21). The zero-order valence-corrected chi connectivity index (χ0v) is 15.6. The number of nitrogens with one attached hydrogen (secondary N) is 1. The molecular formula is C18H20N2O5S. The number of amides is 1. The molecule has 7 nitrogen and oxygen atoms in total. The highest BCUT2D eigenvalue weighted by Gasteiger charge is 2.15. The molecule has 0 bridgehead atoms. The van der Waals surface area contributed by atoms with Crippen LogP contribution < -0.4 is 5.32 Å². The van der Waals surface area contributed by atoms with E-state index in [4.69, 9.17) is 0 Å². The van der Waals surface area contributed by atoms with Crippen molar-refractivity contribution in [2.75, 3.05) is 33.1 Å². The maximum Gasteiger partial charge on any atom is 0.337 e. The maximum atomic E-state index is 12.3. The van der Waals surface area contributed by atoms with E-state index in [1.807, 2.05) is 28.8 Å². The van der Waals surface area contributed by atoms with Gasteiger partial charge in [0.1, 0.15) is 0 Å². The monoisotopic (exact) mass is 376 g/mol. The van der Waals surface area contributed by atoms with E-state index in [2.05, 4.69) is 14.8 Å². The Bertz CT molecular complexity index is 755. The van der Waals surface area contributed by atoms with Gasteiger partial charge < -0.3 is 14.8 Å². The number of hydrogen-bond donors (Lipinski definition) is 1. The molecule has 26 heavy (non-hydrogen) atoms. The van der Waals surface area contributed by atoms with Gasteiger partial charge in [0.05, 0.1) is 31.9 Å². The summed E-state index contributed by atoms with van der Waals surface area (Å²) in [6, 6.07) is 6.27. The van der Waals surface area contributed by atoms with Crippen molar-refractivity contribution in [3.63, 3.8) is 0 Å². The second kappa shape index (κ2) is 9.12. The Morgan fingerprint density at radius 3 is 2.19 bits per heavy atom. The van der Waals surface area contributed by atoms with Crippen LogP contribution in [0.25, 0.3) is 0 Å². The highest BCUT2D eigenvalue weighted by molar-refractivity contribution is 7.07. The van der Waals surface area contributed by atoms with Crippen LogP contribution in [0.15, 0.2) is 35.0 Å². The Balaban J connectivity index is 2.09. The fourth-order valence-corrected chi connectivity index (χ4v) is 3.03. The molecule has 2 aromatic rings. The van der Waals surface area contributed by atoms with Crippen LogP contribution in [0.5, 0.6) is 0 Å². The smallest absolute Gasteiger partial charge is 0.337 e. The molecule has 1 aromatic carbocycles. The number of thiophene rings is 1. The third kappa shape index (κ3) is 5.40. The molecule has 0 saturated heterocycles. The third-order valence-corrected chi connectivity index (χ3v) is 4.24. The van der Waals surface area contributed by atoms with Gasteiger partial charge in [0.25, 0.3) is 0 Å². The van der Waals surface area contributed by atoms with Crippen LogP contribution in [-0.4, -0.2) is 50.6 Å². The van der Waals surface area contributed by atoms with Crippen molar-refractivity contribution >= 4 is 34.9 Å². The zero-order valence-electron chi connectivity index (χ0n) is 14.8. The molecule has 1 aromatic heterocycles. The summed E-state index contributed by atoms with van der Waals surface area (Å²) >= 11 is 1.60. The molecule has 0 atom stereocenters. The van der Waals surface area contributed by atoms with Gasteiger partial charge in [-0.3, -0.25) is 9.69 Å². The molecule has 1 N–H and O–H groups in total. The Labute approximate surface area is 155 Å². The lowest BCUT2D eigenvalue weighted by atomic mass is 10.1. The molecule has 0 aliphatic heterocycles. The fraction of sp³-hybridized carbons (Fsp3) is 0.278. The molecule has 0 spiro atoms. The number of anilines is 1. The first kappa shape index (κ1) is 19.6. The van der Waals surface area contributed by atoms with Crippen LogP contribution in [0.3, 0.4) is 0 Å². The molecule has 1 heterocycles. The average Bonchev–Trinajstić information content (AvgIpc) is 3.12. The van der Waals surface area contributed by atoms with Crippen molar-refractivity contribution < 1.29 is 23.9 Å². The molecule has 0 radical (unpaired) electrons. The molecule has 0 aliphatic carbocycles. The maximum absolute atomic E-state index is 12.3. The summed E-state index contributed by atoms with van der Waals surface area (Å²) in [7, 11) is 4.32. The molecule has 138 valence electrons. The lowest BCUT2D eigenvalue weighted by Gasteiger charge is -2.16. The lowest BCUT2D eigenvalue weighted by molar-refractivity contribution is -0.117. The number of nitrogens with zero attached hydrogens (tertiary/aromatic N) is 1. The van der Waals surface area contributed by atoms with E-state index in [0.717, 1.165) is 5.56 Å². The van der Waals surface area contributed by atoms with E-state index < -0.39 is 11.9 Å². The van der Waals surface area contributed by atoms with Crippen LogP contribution >= 0.6 is 11.3 Å². The van der Waals surface area contributed by atoms with Crippen LogP contribution in [0, 0.1) is 0 Å². The second-order valence-electron chi connectivity index (χ2n) is 5.63. The number of ether oxygens (including phenoxy) is 2. The Morgan fingerprint density at radius 2 is 1.69 bits per heavy atom. The van der Waals surface area contributed by atoms with E-state index >= 15 is 0 Å². The molecule has 0 fully saturated rings. The normalized spacial score (nSPS) is 10.5. The van der Waals surface area contributed by atoms with Crippen LogP contribution in [0.2, 0.25) is 0 Å². The molecule has 0 aliphatic rings. The number of carbonyl (C=O) groups excluding carboxylic acids is 3. The molecule has 1 amide bonds. The van der Waals surface area contributed by atoms with Crippen LogP contribution in [0.1, 0.15) is 26.3 Å². The average molecular weight is 376 g/mol. The highest BCUT2D eigenvalue weighted by Crippen LogP contribution is 2.17. The van der Waals surface area contributed by atoms with Crippen molar-refractivity contribution in [2.24, 2.45) is 0 Å². The van der Waals surface area contributed by atoms with E-state index in [-0.39, 0.29) is 23.6 Å². The van der Waals surface area contributed by atoms with Gasteiger partial charge in [0, 0.05) is 12.2 Å². The number of likely N-dealkylation sites (N-methyl/N-ethyl adjacent to an activating group) is 1. The van der Waals surface area contributed by atoms with Gasteiger partial charge in [-0.25, -0.2) is 9.59 Å². The summed E-state index contributed by atoms with van der Waals surface area (Å²) in [5.74, 6) is -1.48. The first-order chi connectivity index (χ1) is 12.4. The Morgan fingerprint density at radius 1 is 1.08 bits per heavy atom. The fourth-order valence-electron chi connectivity index (χ4n) is 2.37. The number of benzene rings is 1. The SMILES string of the molecule is COC(=O)c1cc(NC(=O)CN(C)Cc2ccsc2)cc(C(=O)OC)c1. The minimum atomic E-state index is -0.610. The number of carbonyl (C=O) groups is 3. The van der Waals surface area contributed by atoms with Crippen molar-refractivity contribution in [3.8, 4) is 0 Å². The number of rotatable bonds is 7. The predicted molar refractivity (Wildman–Crippen MR) is 98.4 cm³/mol. The van der Waals surface area contributed by atoms with Crippen molar-refractivity contribution in [3.05, 3.63) is 51.7 Å². The Kier molecular flexibility index (Phi) is 6.88. The third-order valence-electron chi connectivity index (χ3n) is 3.51. The van der Waals surface area contributed by atoms with E-state index in [1.165, 1.54) is 32.4 Å². The van der Waals surface area contributed by atoms with Crippen molar-refractivity contribution in [1.29, 1.82) is 0 Å².